The fourth-order valence-electron chi connectivity index (χ4n) is 3.15. The molecule has 4 rings (SSSR count). The lowest BCUT2D eigenvalue weighted by molar-refractivity contribution is -0.256. The Labute approximate surface area is 184 Å². The second-order valence-corrected chi connectivity index (χ2v) is 8.34. The van der Waals surface area contributed by atoms with E-state index >= 15 is 0 Å². The summed E-state index contributed by atoms with van der Waals surface area (Å²) in [4.78, 5) is 0.312. The van der Waals surface area contributed by atoms with E-state index in [-0.39, 0.29) is 10.6 Å². The van der Waals surface area contributed by atoms with Gasteiger partial charge in [0.15, 0.2) is 5.60 Å². The van der Waals surface area contributed by atoms with Crippen LogP contribution in [0.15, 0.2) is 77.8 Å². The van der Waals surface area contributed by atoms with Gasteiger partial charge < -0.3 is 5.11 Å². The van der Waals surface area contributed by atoms with Crippen molar-refractivity contribution in [2.75, 3.05) is 5.75 Å². The quantitative estimate of drug-likeness (QED) is 0.275. The Kier molecular flexibility index (Phi) is 5.72. The van der Waals surface area contributed by atoms with E-state index in [0.29, 0.717) is 15.8 Å². The van der Waals surface area contributed by atoms with Crippen molar-refractivity contribution < 1.29 is 22.7 Å². The summed E-state index contributed by atoms with van der Waals surface area (Å²) in [6, 6.07) is 16.8. The lowest BCUT2D eigenvalue weighted by atomic mass is 9.94. The second-order valence-electron chi connectivity index (χ2n) is 6.89. The Hall–Kier alpha value is -2.55. The van der Waals surface area contributed by atoms with E-state index in [2.05, 4.69) is 5.10 Å². The van der Waals surface area contributed by atoms with Crippen molar-refractivity contribution in [1.29, 1.82) is 0 Å². The molecule has 0 fully saturated rings. The molecule has 0 spiro atoms. The molecule has 0 amide bonds. The molecule has 1 unspecified atom stereocenters. The number of para-hydroxylation sites is 1. The lowest BCUT2D eigenvalue weighted by Gasteiger charge is -2.30. The van der Waals surface area contributed by atoms with Crippen LogP contribution in [0.1, 0.15) is 5.56 Å². The molecule has 0 bridgehead atoms. The molecule has 0 aliphatic heterocycles. The van der Waals surface area contributed by atoms with Crippen LogP contribution >= 0.6 is 23.4 Å². The van der Waals surface area contributed by atoms with Crippen molar-refractivity contribution in [2.45, 2.75) is 16.7 Å². The third kappa shape index (κ3) is 4.15. The van der Waals surface area contributed by atoms with Crippen LogP contribution in [-0.4, -0.2) is 26.8 Å². The zero-order chi connectivity index (χ0) is 22.2. The van der Waals surface area contributed by atoms with Crippen LogP contribution in [0.25, 0.3) is 16.6 Å². The molecule has 0 saturated carbocycles. The normalized spacial score (nSPS) is 14.0. The molecule has 3 nitrogen and oxygen atoms in total. The number of rotatable bonds is 5. The van der Waals surface area contributed by atoms with Crippen LogP contribution in [0.3, 0.4) is 0 Å². The monoisotopic (exact) mass is 466 g/mol. The summed E-state index contributed by atoms with van der Waals surface area (Å²) >= 11 is 6.44. The molecule has 1 heterocycles. The van der Waals surface area contributed by atoms with E-state index in [4.69, 9.17) is 11.6 Å². The molecule has 160 valence electrons. The van der Waals surface area contributed by atoms with Gasteiger partial charge in [0.1, 0.15) is 5.82 Å². The predicted octanol–water partition coefficient (Wildman–Crippen LogP) is 6.36. The highest BCUT2D eigenvalue weighted by molar-refractivity contribution is 7.99. The first kappa shape index (κ1) is 21.7. The molecular weight excluding hydrogens is 452 g/mol. The van der Waals surface area contributed by atoms with Gasteiger partial charge in [0.25, 0.3) is 0 Å². The summed E-state index contributed by atoms with van der Waals surface area (Å²) in [6.45, 7) is 0. The molecule has 1 N–H and O–H groups in total. The SMILES string of the molecule is OC(CSc1ccc(F)c(Cl)c1)(c1ccc2c(cnn2-c2ccccc2)c1)C(F)(F)F. The third-order valence-electron chi connectivity index (χ3n) is 4.85. The molecule has 4 aromatic rings. The van der Waals surface area contributed by atoms with Crippen LogP contribution in [0, 0.1) is 5.82 Å². The van der Waals surface area contributed by atoms with Crippen molar-refractivity contribution in [3.05, 3.63) is 89.3 Å². The lowest BCUT2D eigenvalue weighted by Crippen LogP contribution is -2.44. The second kappa shape index (κ2) is 8.18. The topological polar surface area (TPSA) is 38.1 Å². The largest absolute Gasteiger partial charge is 0.422 e. The number of nitrogens with zero attached hydrogens (tertiary/aromatic N) is 2. The number of fused-ring (bicyclic) bond motifs is 1. The maximum absolute atomic E-state index is 13.9. The molecule has 3 aromatic carbocycles. The Morgan fingerprint density at radius 1 is 1.00 bits per heavy atom. The summed E-state index contributed by atoms with van der Waals surface area (Å²) in [7, 11) is 0. The highest BCUT2D eigenvalue weighted by atomic mass is 35.5. The van der Waals surface area contributed by atoms with Gasteiger partial charge in [0, 0.05) is 16.0 Å². The summed E-state index contributed by atoms with van der Waals surface area (Å²) in [6.07, 6.45) is -3.48. The smallest absolute Gasteiger partial charge is 0.376 e. The van der Waals surface area contributed by atoms with Crippen molar-refractivity contribution in [3.8, 4) is 5.69 Å². The summed E-state index contributed by atoms with van der Waals surface area (Å²) in [5, 5.41) is 15.2. The molecule has 9 heteroatoms. The van der Waals surface area contributed by atoms with Gasteiger partial charge in [-0.3, -0.25) is 0 Å². The van der Waals surface area contributed by atoms with Crippen LogP contribution in [-0.2, 0) is 5.60 Å². The van der Waals surface area contributed by atoms with Gasteiger partial charge in [-0.15, -0.1) is 11.8 Å². The average Bonchev–Trinajstić information content (AvgIpc) is 3.17. The maximum atomic E-state index is 13.9. The van der Waals surface area contributed by atoms with E-state index < -0.39 is 23.3 Å². The zero-order valence-electron chi connectivity index (χ0n) is 15.8. The fraction of sp³-hybridized carbons (Fsp3) is 0.136. The van der Waals surface area contributed by atoms with Crippen LogP contribution in [0.4, 0.5) is 17.6 Å². The van der Waals surface area contributed by atoms with E-state index in [0.717, 1.165) is 23.5 Å². The number of thioether (sulfide) groups is 1. The van der Waals surface area contributed by atoms with E-state index in [9.17, 15) is 22.7 Å². The van der Waals surface area contributed by atoms with Crippen molar-refractivity contribution >= 4 is 34.3 Å². The number of halogens is 5. The predicted molar refractivity (Wildman–Crippen MR) is 113 cm³/mol. The van der Waals surface area contributed by atoms with Crippen LogP contribution < -0.4 is 0 Å². The minimum absolute atomic E-state index is 0.199. The third-order valence-corrected chi connectivity index (χ3v) is 6.29. The van der Waals surface area contributed by atoms with Gasteiger partial charge in [0.2, 0.25) is 0 Å². The summed E-state index contributed by atoms with van der Waals surface area (Å²) in [5.74, 6) is -1.39. The minimum atomic E-state index is -4.94. The molecule has 1 aromatic heterocycles. The van der Waals surface area contributed by atoms with Gasteiger partial charge >= 0.3 is 6.18 Å². The Morgan fingerprint density at radius 2 is 1.74 bits per heavy atom. The first-order valence-electron chi connectivity index (χ1n) is 9.10. The van der Waals surface area contributed by atoms with Gasteiger partial charge in [-0.25, -0.2) is 9.07 Å². The molecule has 1 atom stereocenters. The van der Waals surface area contributed by atoms with E-state index in [1.807, 2.05) is 30.3 Å². The Balaban J connectivity index is 1.69. The van der Waals surface area contributed by atoms with Gasteiger partial charge in [-0.2, -0.15) is 18.3 Å². The van der Waals surface area contributed by atoms with Crippen LogP contribution in [0.5, 0.6) is 0 Å². The molecule has 0 saturated heterocycles. The Morgan fingerprint density at radius 3 is 2.42 bits per heavy atom. The van der Waals surface area contributed by atoms with Gasteiger partial charge in [-0.05, 0) is 48.0 Å². The van der Waals surface area contributed by atoms with Crippen molar-refractivity contribution in [3.63, 3.8) is 0 Å². The van der Waals surface area contributed by atoms with Crippen molar-refractivity contribution in [2.24, 2.45) is 0 Å². The number of hydrogen-bond acceptors (Lipinski definition) is 3. The number of benzene rings is 3. The molecular formula is C22H15ClF4N2OS. The summed E-state index contributed by atoms with van der Waals surface area (Å²) in [5.41, 5.74) is -2.06. The minimum Gasteiger partial charge on any atom is -0.376 e. The number of aromatic nitrogens is 2. The number of aliphatic hydroxyl groups is 1. The average molecular weight is 467 g/mol. The standard InChI is InChI=1S/C22H15ClF4N2OS/c23-18-11-17(7-8-19(18)24)31-13-21(30,22(25,26)27)15-6-9-20-14(10-15)12-28-29(20)16-4-2-1-3-5-16/h1-12,30H,13H2. The molecule has 0 aliphatic carbocycles. The highest BCUT2D eigenvalue weighted by Gasteiger charge is 2.55. The Bertz CT molecular complexity index is 1230. The molecule has 31 heavy (non-hydrogen) atoms. The number of alkyl halides is 3. The van der Waals surface area contributed by atoms with E-state index in [1.54, 1.807) is 4.68 Å². The van der Waals surface area contributed by atoms with Gasteiger partial charge in [0.05, 0.1) is 22.4 Å². The van der Waals surface area contributed by atoms with Crippen LogP contribution in [0.2, 0.25) is 5.02 Å². The first-order chi connectivity index (χ1) is 14.7. The van der Waals surface area contributed by atoms with Gasteiger partial charge in [-0.1, -0.05) is 35.9 Å². The zero-order valence-corrected chi connectivity index (χ0v) is 17.3. The molecule has 0 radical (unpaired) electrons. The summed E-state index contributed by atoms with van der Waals surface area (Å²) < 4.78 is 56.7. The highest BCUT2D eigenvalue weighted by Crippen LogP contribution is 2.43. The maximum Gasteiger partial charge on any atom is 0.422 e. The fourth-order valence-corrected chi connectivity index (χ4v) is 4.46. The van der Waals surface area contributed by atoms with E-state index in [1.165, 1.54) is 36.5 Å². The van der Waals surface area contributed by atoms with Crippen molar-refractivity contribution in [1.82, 2.24) is 9.78 Å². The molecule has 0 aliphatic rings. The number of hydrogen-bond donors (Lipinski definition) is 1. The first-order valence-corrected chi connectivity index (χ1v) is 10.5.